The summed E-state index contributed by atoms with van der Waals surface area (Å²) in [6, 6.07) is 10.9. The standard InChI is InChI=1S/C21H25F2NO3/c22-17-5-1-15(2-6-17)21(27,16-3-7-18(23)8-4-16)13-20(26)14-24-11-9-19(25)10-12-24/h1-8,19-20,25-27H,9-14H2/t20-/m0/s1. The fourth-order valence-corrected chi connectivity index (χ4v) is 3.66. The third kappa shape index (κ3) is 4.90. The molecule has 1 atom stereocenters. The van der Waals surface area contributed by atoms with Gasteiger partial charge in [0.2, 0.25) is 0 Å². The van der Waals surface area contributed by atoms with Gasteiger partial charge in [0, 0.05) is 26.1 Å². The molecule has 2 aromatic rings. The Morgan fingerprint density at radius 3 is 1.81 bits per heavy atom. The van der Waals surface area contributed by atoms with Crippen molar-refractivity contribution in [1.82, 2.24) is 4.90 Å². The molecule has 0 unspecified atom stereocenters. The van der Waals surface area contributed by atoms with E-state index in [0.717, 1.165) is 0 Å². The van der Waals surface area contributed by atoms with E-state index in [1.165, 1.54) is 48.5 Å². The van der Waals surface area contributed by atoms with Gasteiger partial charge in [-0.1, -0.05) is 24.3 Å². The van der Waals surface area contributed by atoms with E-state index in [1.807, 2.05) is 4.90 Å². The van der Waals surface area contributed by atoms with Crippen molar-refractivity contribution in [3.8, 4) is 0 Å². The predicted molar refractivity (Wildman–Crippen MR) is 98.1 cm³/mol. The Morgan fingerprint density at radius 2 is 1.37 bits per heavy atom. The van der Waals surface area contributed by atoms with Crippen molar-refractivity contribution >= 4 is 0 Å². The highest BCUT2D eigenvalue weighted by molar-refractivity contribution is 5.36. The second kappa shape index (κ2) is 8.44. The number of aliphatic hydroxyl groups excluding tert-OH is 2. The van der Waals surface area contributed by atoms with Crippen LogP contribution in [-0.2, 0) is 5.60 Å². The summed E-state index contributed by atoms with van der Waals surface area (Å²) in [5.74, 6) is -0.847. The number of β-amino-alcohol motifs (C(OH)–C–C–N with tert-alkyl or cyclic N) is 1. The Labute approximate surface area is 157 Å². The lowest BCUT2D eigenvalue weighted by Gasteiger charge is -2.35. The molecule has 0 spiro atoms. The number of piperidine rings is 1. The van der Waals surface area contributed by atoms with Gasteiger partial charge in [0.25, 0.3) is 0 Å². The molecule has 1 aliphatic heterocycles. The van der Waals surface area contributed by atoms with Gasteiger partial charge in [-0.05, 0) is 48.2 Å². The third-order valence-electron chi connectivity index (χ3n) is 5.20. The van der Waals surface area contributed by atoms with Crippen LogP contribution in [-0.4, -0.2) is 52.1 Å². The number of nitrogens with zero attached hydrogens (tertiary/aromatic N) is 1. The highest BCUT2D eigenvalue weighted by Gasteiger charge is 2.35. The van der Waals surface area contributed by atoms with E-state index in [4.69, 9.17) is 0 Å². The molecule has 6 heteroatoms. The second-order valence-corrected chi connectivity index (χ2v) is 7.26. The van der Waals surface area contributed by atoms with Gasteiger partial charge < -0.3 is 20.2 Å². The summed E-state index contributed by atoms with van der Waals surface area (Å²) < 4.78 is 26.7. The molecule has 27 heavy (non-hydrogen) atoms. The maximum absolute atomic E-state index is 13.3. The molecule has 4 nitrogen and oxygen atoms in total. The van der Waals surface area contributed by atoms with Crippen LogP contribution < -0.4 is 0 Å². The van der Waals surface area contributed by atoms with Gasteiger partial charge in [-0.3, -0.25) is 0 Å². The van der Waals surface area contributed by atoms with Crippen molar-refractivity contribution in [2.24, 2.45) is 0 Å². The topological polar surface area (TPSA) is 63.9 Å². The number of rotatable bonds is 6. The van der Waals surface area contributed by atoms with Crippen molar-refractivity contribution in [3.05, 3.63) is 71.3 Å². The monoisotopic (exact) mass is 377 g/mol. The number of aliphatic hydroxyl groups is 3. The molecule has 2 aromatic carbocycles. The summed E-state index contributed by atoms with van der Waals surface area (Å²) in [5, 5.41) is 31.6. The summed E-state index contributed by atoms with van der Waals surface area (Å²) in [6.07, 6.45) is 0.164. The fourth-order valence-electron chi connectivity index (χ4n) is 3.66. The Hall–Kier alpha value is -1.86. The molecule has 0 radical (unpaired) electrons. The Morgan fingerprint density at radius 1 is 0.926 bits per heavy atom. The van der Waals surface area contributed by atoms with E-state index in [2.05, 4.69) is 0 Å². The Bertz CT molecular complexity index is 683. The lowest BCUT2D eigenvalue weighted by Crippen LogP contribution is -2.43. The van der Waals surface area contributed by atoms with Crippen LogP contribution in [0.4, 0.5) is 8.78 Å². The zero-order chi connectivity index (χ0) is 19.4. The maximum atomic E-state index is 13.3. The first-order chi connectivity index (χ1) is 12.9. The first-order valence-corrected chi connectivity index (χ1v) is 9.20. The zero-order valence-corrected chi connectivity index (χ0v) is 15.1. The van der Waals surface area contributed by atoms with Crippen LogP contribution in [0.3, 0.4) is 0 Å². The largest absolute Gasteiger partial charge is 0.393 e. The number of hydrogen-bond acceptors (Lipinski definition) is 4. The van der Waals surface area contributed by atoms with E-state index >= 15 is 0 Å². The van der Waals surface area contributed by atoms with Crippen molar-refractivity contribution in [2.75, 3.05) is 19.6 Å². The van der Waals surface area contributed by atoms with E-state index in [1.54, 1.807) is 0 Å². The average molecular weight is 377 g/mol. The second-order valence-electron chi connectivity index (χ2n) is 7.26. The molecule has 1 fully saturated rings. The minimum atomic E-state index is -1.57. The Balaban J connectivity index is 1.81. The summed E-state index contributed by atoms with van der Waals surface area (Å²) in [5.41, 5.74) is -0.705. The summed E-state index contributed by atoms with van der Waals surface area (Å²) in [6.45, 7) is 1.73. The van der Waals surface area contributed by atoms with Crippen LogP contribution in [0.5, 0.6) is 0 Å². The molecule has 0 aliphatic carbocycles. The molecule has 146 valence electrons. The van der Waals surface area contributed by atoms with Gasteiger partial charge in [0.05, 0.1) is 12.2 Å². The minimum absolute atomic E-state index is 0.0106. The van der Waals surface area contributed by atoms with E-state index in [9.17, 15) is 24.1 Å². The van der Waals surface area contributed by atoms with Gasteiger partial charge in [0.1, 0.15) is 17.2 Å². The van der Waals surface area contributed by atoms with E-state index < -0.39 is 23.3 Å². The summed E-state index contributed by atoms with van der Waals surface area (Å²) in [7, 11) is 0. The van der Waals surface area contributed by atoms with Crippen LogP contribution in [0.2, 0.25) is 0 Å². The quantitative estimate of drug-likeness (QED) is 0.724. The van der Waals surface area contributed by atoms with Crippen LogP contribution >= 0.6 is 0 Å². The molecular weight excluding hydrogens is 352 g/mol. The molecular formula is C21H25F2NO3. The molecule has 1 heterocycles. The van der Waals surface area contributed by atoms with Crippen molar-refractivity contribution in [2.45, 2.75) is 37.1 Å². The van der Waals surface area contributed by atoms with Gasteiger partial charge >= 0.3 is 0 Å². The van der Waals surface area contributed by atoms with Crippen LogP contribution in [0.25, 0.3) is 0 Å². The number of benzene rings is 2. The maximum Gasteiger partial charge on any atom is 0.123 e. The normalized spacial score (nSPS) is 17.8. The molecule has 3 N–H and O–H groups in total. The number of halogens is 2. The highest BCUT2D eigenvalue weighted by atomic mass is 19.1. The van der Waals surface area contributed by atoms with Gasteiger partial charge in [-0.25, -0.2) is 8.78 Å². The van der Waals surface area contributed by atoms with Crippen molar-refractivity contribution in [3.63, 3.8) is 0 Å². The molecule has 3 rings (SSSR count). The molecule has 0 amide bonds. The zero-order valence-electron chi connectivity index (χ0n) is 15.1. The van der Waals surface area contributed by atoms with E-state index in [0.29, 0.717) is 43.6 Å². The SMILES string of the molecule is OC1CCN(C[C@@H](O)CC(O)(c2ccc(F)cc2)c2ccc(F)cc2)CC1. The molecule has 0 saturated carbocycles. The van der Waals surface area contributed by atoms with Crippen molar-refractivity contribution < 1.29 is 24.1 Å². The number of hydrogen-bond donors (Lipinski definition) is 3. The molecule has 0 aromatic heterocycles. The minimum Gasteiger partial charge on any atom is -0.393 e. The first kappa shape index (κ1) is 19.9. The summed E-state index contributed by atoms with van der Waals surface area (Å²) in [4.78, 5) is 2.05. The predicted octanol–water partition coefficient (Wildman–Crippen LogP) is 2.41. The highest BCUT2D eigenvalue weighted by Crippen LogP contribution is 2.34. The molecule has 1 aliphatic rings. The van der Waals surface area contributed by atoms with Gasteiger partial charge in [-0.15, -0.1) is 0 Å². The van der Waals surface area contributed by atoms with Crippen LogP contribution in [0.1, 0.15) is 30.4 Å². The fraction of sp³-hybridized carbons (Fsp3) is 0.429. The van der Waals surface area contributed by atoms with Gasteiger partial charge in [-0.2, -0.15) is 0 Å². The first-order valence-electron chi connectivity index (χ1n) is 9.20. The average Bonchev–Trinajstić information content (AvgIpc) is 2.64. The Kier molecular flexibility index (Phi) is 6.22. The molecule has 1 saturated heterocycles. The van der Waals surface area contributed by atoms with Crippen LogP contribution in [0.15, 0.2) is 48.5 Å². The van der Waals surface area contributed by atoms with Gasteiger partial charge in [0.15, 0.2) is 0 Å². The van der Waals surface area contributed by atoms with Crippen LogP contribution in [0, 0.1) is 11.6 Å². The molecule has 0 bridgehead atoms. The van der Waals surface area contributed by atoms with Crippen molar-refractivity contribution in [1.29, 1.82) is 0 Å². The lowest BCUT2D eigenvalue weighted by molar-refractivity contribution is -0.00533. The third-order valence-corrected chi connectivity index (χ3v) is 5.20. The smallest absolute Gasteiger partial charge is 0.123 e. The lowest BCUT2D eigenvalue weighted by atomic mass is 9.81. The summed E-state index contributed by atoms with van der Waals surface area (Å²) >= 11 is 0. The number of likely N-dealkylation sites (tertiary alicyclic amines) is 1. The van der Waals surface area contributed by atoms with E-state index in [-0.39, 0.29) is 12.5 Å².